The third-order valence-electron chi connectivity index (χ3n) is 2.06. The fourth-order valence-corrected chi connectivity index (χ4v) is 2.19. The summed E-state index contributed by atoms with van der Waals surface area (Å²) >= 11 is 1.81. The molecule has 0 saturated heterocycles. The Labute approximate surface area is 94.5 Å². The molecular weight excluding hydrogens is 210 g/mol. The number of nitrogens with zero attached hydrogens (tertiary/aromatic N) is 2. The second-order valence-corrected chi connectivity index (χ2v) is 4.91. The summed E-state index contributed by atoms with van der Waals surface area (Å²) in [4.78, 5) is 15.0. The van der Waals surface area contributed by atoms with E-state index in [0.29, 0.717) is 11.7 Å². The molecule has 0 saturated carbocycles. The fraction of sp³-hybridized carbons (Fsp3) is 0.600. The van der Waals surface area contributed by atoms with Gasteiger partial charge in [0.15, 0.2) is 0 Å². The SMILES string of the molecule is CNC(=O)CC(C)SCCn1ccnc1. The predicted octanol–water partition coefficient (Wildman–Crippen LogP) is 1.14. The highest BCUT2D eigenvalue weighted by molar-refractivity contribution is 7.99. The summed E-state index contributed by atoms with van der Waals surface area (Å²) in [6.45, 7) is 3.02. The van der Waals surface area contributed by atoms with E-state index in [1.54, 1.807) is 13.2 Å². The molecule has 0 spiro atoms. The lowest BCUT2D eigenvalue weighted by atomic mass is 10.3. The molecule has 0 aromatic carbocycles. The van der Waals surface area contributed by atoms with Gasteiger partial charge in [0.1, 0.15) is 0 Å². The standard InChI is InChI=1S/C10H17N3OS/c1-9(7-10(14)11-2)15-6-5-13-4-3-12-8-13/h3-4,8-9H,5-7H2,1-2H3,(H,11,14). The monoisotopic (exact) mass is 227 g/mol. The van der Waals surface area contributed by atoms with Gasteiger partial charge in [-0.15, -0.1) is 0 Å². The average molecular weight is 227 g/mol. The van der Waals surface area contributed by atoms with Crippen LogP contribution in [0.3, 0.4) is 0 Å². The highest BCUT2D eigenvalue weighted by atomic mass is 32.2. The minimum atomic E-state index is 0.109. The van der Waals surface area contributed by atoms with Gasteiger partial charge in [0.25, 0.3) is 0 Å². The van der Waals surface area contributed by atoms with Crippen molar-refractivity contribution in [3.8, 4) is 0 Å². The van der Waals surface area contributed by atoms with Crippen LogP contribution in [0.4, 0.5) is 0 Å². The van der Waals surface area contributed by atoms with Crippen LogP contribution in [0.25, 0.3) is 0 Å². The van der Waals surface area contributed by atoms with Gasteiger partial charge in [-0.2, -0.15) is 11.8 Å². The number of aryl methyl sites for hydroxylation is 1. The smallest absolute Gasteiger partial charge is 0.220 e. The molecule has 1 unspecified atom stereocenters. The van der Waals surface area contributed by atoms with Crippen molar-refractivity contribution in [2.45, 2.75) is 25.1 Å². The minimum absolute atomic E-state index is 0.109. The molecule has 84 valence electrons. The van der Waals surface area contributed by atoms with E-state index < -0.39 is 0 Å². The lowest BCUT2D eigenvalue weighted by Crippen LogP contribution is -2.21. The van der Waals surface area contributed by atoms with Gasteiger partial charge in [0.05, 0.1) is 6.33 Å². The Morgan fingerprint density at radius 1 is 1.67 bits per heavy atom. The van der Waals surface area contributed by atoms with Crippen LogP contribution in [0.1, 0.15) is 13.3 Å². The van der Waals surface area contributed by atoms with E-state index in [2.05, 4.69) is 17.2 Å². The minimum Gasteiger partial charge on any atom is -0.359 e. The molecule has 0 fully saturated rings. The van der Waals surface area contributed by atoms with Crippen molar-refractivity contribution in [1.82, 2.24) is 14.9 Å². The molecule has 0 radical (unpaired) electrons. The van der Waals surface area contributed by atoms with E-state index in [9.17, 15) is 4.79 Å². The Kier molecular flexibility index (Phi) is 5.25. The number of thioether (sulfide) groups is 1. The molecule has 0 aliphatic carbocycles. The van der Waals surface area contributed by atoms with Crippen molar-refractivity contribution < 1.29 is 4.79 Å². The highest BCUT2D eigenvalue weighted by Crippen LogP contribution is 2.14. The first-order valence-electron chi connectivity index (χ1n) is 5.00. The van der Waals surface area contributed by atoms with Crippen molar-refractivity contribution >= 4 is 17.7 Å². The maximum Gasteiger partial charge on any atom is 0.220 e. The first kappa shape index (κ1) is 12.1. The number of hydrogen-bond donors (Lipinski definition) is 1. The number of carbonyl (C=O) groups excluding carboxylic acids is 1. The van der Waals surface area contributed by atoms with Crippen molar-refractivity contribution in [1.29, 1.82) is 0 Å². The lowest BCUT2D eigenvalue weighted by molar-refractivity contribution is -0.120. The third-order valence-corrected chi connectivity index (χ3v) is 3.22. The van der Waals surface area contributed by atoms with Crippen LogP contribution < -0.4 is 5.32 Å². The van der Waals surface area contributed by atoms with Gasteiger partial charge < -0.3 is 9.88 Å². The molecular formula is C10H17N3OS. The number of nitrogens with one attached hydrogen (secondary N) is 1. The first-order chi connectivity index (χ1) is 7.22. The van der Waals surface area contributed by atoms with Gasteiger partial charge >= 0.3 is 0 Å². The topological polar surface area (TPSA) is 46.9 Å². The summed E-state index contributed by atoms with van der Waals surface area (Å²) in [7, 11) is 1.67. The van der Waals surface area contributed by atoms with Crippen LogP contribution in [0.5, 0.6) is 0 Å². The Morgan fingerprint density at radius 3 is 3.07 bits per heavy atom. The zero-order valence-electron chi connectivity index (χ0n) is 9.14. The normalized spacial score (nSPS) is 12.4. The summed E-state index contributed by atoms with van der Waals surface area (Å²) in [6, 6.07) is 0. The number of amides is 1. The molecule has 1 N–H and O–H groups in total. The quantitative estimate of drug-likeness (QED) is 0.793. The van der Waals surface area contributed by atoms with Gasteiger partial charge in [-0.1, -0.05) is 6.92 Å². The summed E-state index contributed by atoms with van der Waals surface area (Å²) < 4.78 is 2.04. The second-order valence-electron chi connectivity index (χ2n) is 3.36. The maximum absolute atomic E-state index is 11.1. The zero-order valence-corrected chi connectivity index (χ0v) is 9.96. The van der Waals surface area contributed by atoms with Crippen molar-refractivity contribution in [3.05, 3.63) is 18.7 Å². The summed E-state index contributed by atoms with van der Waals surface area (Å²) in [5.41, 5.74) is 0. The third kappa shape index (κ3) is 4.88. The van der Waals surface area contributed by atoms with Crippen LogP contribution in [0, 0.1) is 0 Å². The fourth-order valence-electron chi connectivity index (χ4n) is 1.20. The first-order valence-corrected chi connectivity index (χ1v) is 6.05. The second kappa shape index (κ2) is 6.50. The zero-order chi connectivity index (χ0) is 11.1. The number of aromatic nitrogens is 2. The lowest BCUT2D eigenvalue weighted by Gasteiger charge is -2.10. The molecule has 0 bridgehead atoms. The molecule has 1 atom stereocenters. The molecule has 4 nitrogen and oxygen atoms in total. The molecule has 1 rings (SSSR count). The van der Waals surface area contributed by atoms with Gasteiger partial charge in [-0.25, -0.2) is 4.98 Å². The van der Waals surface area contributed by atoms with E-state index in [-0.39, 0.29) is 5.91 Å². The van der Waals surface area contributed by atoms with Gasteiger partial charge in [-0.3, -0.25) is 4.79 Å². The number of rotatable bonds is 6. The summed E-state index contributed by atoms with van der Waals surface area (Å²) in [6.07, 6.45) is 6.12. The van der Waals surface area contributed by atoms with Crippen LogP contribution in [-0.4, -0.2) is 33.5 Å². The maximum atomic E-state index is 11.1. The largest absolute Gasteiger partial charge is 0.359 e. The Bertz CT molecular complexity index is 287. The van der Waals surface area contributed by atoms with Crippen LogP contribution in [0.15, 0.2) is 18.7 Å². The average Bonchev–Trinajstić information content (AvgIpc) is 2.70. The van der Waals surface area contributed by atoms with Crippen molar-refractivity contribution in [3.63, 3.8) is 0 Å². The van der Waals surface area contributed by atoms with Crippen LogP contribution in [-0.2, 0) is 11.3 Å². The van der Waals surface area contributed by atoms with E-state index in [0.717, 1.165) is 12.3 Å². The molecule has 0 aliphatic heterocycles. The van der Waals surface area contributed by atoms with Crippen LogP contribution >= 0.6 is 11.8 Å². The number of carbonyl (C=O) groups is 1. The molecule has 15 heavy (non-hydrogen) atoms. The summed E-state index contributed by atoms with van der Waals surface area (Å²) in [5.74, 6) is 1.12. The number of imidazole rings is 1. The number of hydrogen-bond acceptors (Lipinski definition) is 3. The molecule has 1 heterocycles. The summed E-state index contributed by atoms with van der Waals surface area (Å²) in [5, 5.41) is 3.00. The van der Waals surface area contributed by atoms with E-state index >= 15 is 0 Å². The Balaban J connectivity index is 2.12. The van der Waals surface area contributed by atoms with Crippen LogP contribution in [0.2, 0.25) is 0 Å². The molecule has 5 heteroatoms. The van der Waals surface area contributed by atoms with E-state index in [1.165, 1.54) is 0 Å². The molecule has 1 aromatic rings. The van der Waals surface area contributed by atoms with E-state index in [4.69, 9.17) is 0 Å². The van der Waals surface area contributed by atoms with Gasteiger partial charge in [0.2, 0.25) is 5.91 Å². The Hall–Kier alpha value is -0.970. The Morgan fingerprint density at radius 2 is 2.47 bits per heavy atom. The van der Waals surface area contributed by atoms with Gasteiger partial charge in [-0.05, 0) is 0 Å². The van der Waals surface area contributed by atoms with Crippen molar-refractivity contribution in [2.75, 3.05) is 12.8 Å². The van der Waals surface area contributed by atoms with Gasteiger partial charge in [0, 0.05) is 43.4 Å². The van der Waals surface area contributed by atoms with Crippen molar-refractivity contribution in [2.24, 2.45) is 0 Å². The predicted molar refractivity (Wildman–Crippen MR) is 62.8 cm³/mol. The molecule has 1 amide bonds. The highest BCUT2D eigenvalue weighted by Gasteiger charge is 2.07. The molecule has 1 aromatic heterocycles. The molecule has 0 aliphatic rings. The van der Waals surface area contributed by atoms with E-state index in [1.807, 2.05) is 28.9 Å².